The van der Waals surface area contributed by atoms with Crippen LogP contribution in [-0.2, 0) is 0 Å². The Labute approximate surface area is 130 Å². The Bertz CT molecular complexity index is 690. The first-order valence-electron chi connectivity index (χ1n) is 8.05. The van der Waals surface area contributed by atoms with Crippen LogP contribution in [0.15, 0.2) is 35.1 Å². The highest BCUT2D eigenvalue weighted by Crippen LogP contribution is 2.18. The van der Waals surface area contributed by atoms with Gasteiger partial charge < -0.3 is 15.1 Å². The number of aromatic nitrogens is 1. The molecule has 0 spiro atoms. The van der Waals surface area contributed by atoms with E-state index in [4.69, 9.17) is 4.74 Å². The molecular formula is C17H23N3O2. The van der Waals surface area contributed by atoms with Gasteiger partial charge in [0, 0.05) is 31.6 Å². The fourth-order valence-corrected chi connectivity index (χ4v) is 2.78. The van der Waals surface area contributed by atoms with Crippen LogP contribution in [0, 0.1) is 0 Å². The van der Waals surface area contributed by atoms with Crippen molar-refractivity contribution in [2.24, 2.45) is 0 Å². The smallest absolute Gasteiger partial charge is 0.311 e. The molecule has 0 unspecified atom stereocenters. The van der Waals surface area contributed by atoms with Gasteiger partial charge in [0.25, 0.3) is 0 Å². The van der Waals surface area contributed by atoms with Crippen LogP contribution in [-0.4, -0.2) is 37.5 Å². The van der Waals surface area contributed by atoms with Crippen LogP contribution in [0.4, 0.5) is 0 Å². The number of rotatable bonds is 5. The summed E-state index contributed by atoms with van der Waals surface area (Å²) in [6, 6.07) is 9.85. The molecule has 1 N–H and O–H groups in total. The second kappa shape index (κ2) is 6.83. The lowest BCUT2D eigenvalue weighted by atomic mass is 10.2. The topological polar surface area (TPSA) is 46.5 Å². The molecule has 1 aromatic heterocycles. The van der Waals surface area contributed by atoms with Crippen molar-refractivity contribution in [3.8, 4) is 5.75 Å². The third kappa shape index (κ3) is 2.95. The summed E-state index contributed by atoms with van der Waals surface area (Å²) in [6.45, 7) is 6.13. The molecule has 0 bridgehead atoms. The number of piperazine rings is 1. The van der Waals surface area contributed by atoms with E-state index in [9.17, 15) is 4.79 Å². The Morgan fingerprint density at radius 3 is 2.77 bits per heavy atom. The summed E-state index contributed by atoms with van der Waals surface area (Å²) in [7, 11) is 0. The molecular weight excluding hydrogens is 278 g/mol. The van der Waals surface area contributed by atoms with Crippen molar-refractivity contribution >= 4 is 10.9 Å². The van der Waals surface area contributed by atoms with Crippen molar-refractivity contribution in [3.05, 3.63) is 40.7 Å². The molecule has 2 aromatic rings. The van der Waals surface area contributed by atoms with Gasteiger partial charge in [-0.05, 0) is 18.6 Å². The number of pyridine rings is 1. The van der Waals surface area contributed by atoms with Crippen LogP contribution < -0.4 is 20.6 Å². The number of hydrogen-bond donors (Lipinski definition) is 1. The van der Waals surface area contributed by atoms with Crippen molar-refractivity contribution in [1.82, 2.24) is 9.99 Å². The van der Waals surface area contributed by atoms with Gasteiger partial charge in [-0.3, -0.25) is 4.79 Å². The molecule has 3 rings (SSSR count). The number of ether oxygens (including phenoxy) is 1. The predicted octanol–water partition coefficient (Wildman–Crippen LogP) is 1.72. The first-order chi connectivity index (χ1) is 10.8. The number of nitrogens with one attached hydrogen (secondary N) is 1. The Hall–Kier alpha value is -2.01. The summed E-state index contributed by atoms with van der Waals surface area (Å²) in [4.78, 5) is 12.9. The average molecular weight is 301 g/mol. The SMILES string of the molecule is CCCCOc1cc2ccccc2n(N2CCNCC2)c1=O. The van der Waals surface area contributed by atoms with E-state index >= 15 is 0 Å². The number of nitrogens with zero attached hydrogens (tertiary/aromatic N) is 2. The zero-order chi connectivity index (χ0) is 15.4. The molecule has 1 fully saturated rings. The maximum atomic E-state index is 12.9. The summed E-state index contributed by atoms with van der Waals surface area (Å²) in [5.41, 5.74) is 0.883. The lowest BCUT2D eigenvalue weighted by Crippen LogP contribution is -2.52. The van der Waals surface area contributed by atoms with Gasteiger partial charge >= 0.3 is 5.56 Å². The van der Waals surface area contributed by atoms with Crippen molar-refractivity contribution in [2.75, 3.05) is 37.8 Å². The molecule has 1 aromatic carbocycles. The van der Waals surface area contributed by atoms with E-state index in [1.54, 1.807) is 4.68 Å². The number of fused-ring (bicyclic) bond motifs is 1. The number of para-hydroxylation sites is 1. The minimum atomic E-state index is -0.0586. The quantitative estimate of drug-likeness (QED) is 0.854. The predicted molar refractivity (Wildman–Crippen MR) is 89.4 cm³/mol. The second-order valence-electron chi connectivity index (χ2n) is 5.59. The lowest BCUT2D eigenvalue weighted by Gasteiger charge is -2.32. The van der Waals surface area contributed by atoms with Gasteiger partial charge in [0.2, 0.25) is 0 Å². The van der Waals surface area contributed by atoms with E-state index in [0.717, 1.165) is 49.9 Å². The zero-order valence-corrected chi connectivity index (χ0v) is 13.0. The van der Waals surface area contributed by atoms with Gasteiger partial charge in [-0.15, -0.1) is 0 Å². The molecule has 0 radical (unpaired) electrons. The summed E-state index contributed by atoms with van der Waals surface area (Å²) in [5.74, 6) is 0.450. The van der Waals surface area contributed by atoms with Crippen molar-refractivity contribution in [2.45, 2.75) is 19.8 Å². The Balaban J connectivity index is 2.06. The van der Waals surface area contributed by atoms with Crippen LogP contribution >= 0.6 is 0 Å². The van der Waals surface area contributed by atoms with Crippen LogP contribution in [0.1, 0.15) is 19.8 Å². The fraction of sp³-hybridized carbons (Fsp3) is 0.471. The van der Waals surface area contributed by atoms with Crippen molar-refractivity contribution in [1.29, 1.82) is 0 Å². The van der Waals surface area contributed by atoms with Crippen LogP contribution in [0.5, 0.6) is 5.75 Å². The minimum Gasteiger partial charge on any atom is -0.488 e. The number of hydrogen-bond acceptors (Lipinski definition) is 4. The maximum Gasteiger partial charge on any atom is 0.311 e. The fourth-order valence-electron chi connectivity index (χ4n) is 2.78. The van der Waals surface area contributed by atoms with E-state index in [0.29, 0.717) is 12.4 Å². The molecule has 22 heavy (non-hydrogen) atoms. The highest BCUT2D eigenvalue weighted by molar-refractivity contribution is 5.80. The highest BCUT2D eigenvalue weighted by atomic mass is 16.5. The first-order valence-corrected chi connectivity index (χ1v) is 8.05. The monoisotopic (exact) mass is 301 g/mol. The largest absolute Gasteiger partial charge is 0.488 e. The highest BCUT2D eigenvalue weighted by Gasteiger charge is 2.17. The molecule has 0 aliphatic carbocycles. The van der Waals surface area contributed by atoms with E-state index in [-0.39, 0.29) is 5.56 Å². The molecule has 1 aliphatic heterocycles. The third-order valence-corrected chi connectivity index (χ3v) is 3.99. The van der Waals surface area contributed by atoms with E-state index < -0.39 is 0 Å². The summed E-state index contributed by atoms with van der Waals surface area (Å²) >= 11 is 0. The zero-order valence-electron chi connectivity index (χ0n) is 13.0. The van der Waals surface area contributed by atoms with E-state index in [1.165, 1.54) is 0 Å². The third-order valence-electron chi connectivity index (χ3n) is 3.99. The Morgan fingerprint density at radius 2 is 2.00 bits per heavy atom. The van der Waals surface area contributed by atoms with Crippen molar-refractivity contribution < 1.29 is 4.74 Å². The van der Waals surface area contributed by atoms with Gasteiger partial charge in [-0.2, -0.15) is 0 Å². The average Bonchev–Trinajstić information content (AvgIpc) is 2.56. The summed E-state index contributed by atoms with van der Waals surface area (Å²) < 4.78 is 7.53. The van der Waals surface area contributed by atoms with Crippen LogP contribution in [0.2, 0.25) is 0 Å². The molecule has 5 nitrogen and oxygen atoms in total. The normalized spacial score (nSPS) is 15.2. The molecule has 0 atom stereocenters. The lowest BCUT2D eigenvalue weighted by molar-refractivity contribution is 0.302. The maximum absolute atomic E-state index is 12.9. The van der Waals surface area contributed by atoms with Gasteiger partial charge in [0.1, 0.15) is 0 Å². The summed E-state index contributed by atoms with van der Waals surface area (Å²) in [6.07, 6.45) is 2.01. The molecule has 2 heterocycles. The van der Waals surface area contributed by atoms with Gasteiger partial charge in [-0.25, -0.2) is 4.68 Å². The molecule has 0 amide bonds. The van der Waals surface area contributed by atoms with Crippen LogP contribution in [0.3, 0.4) is 0 Å². The standard InChI is InChI=1S/C17H23N3O2/c1-2-3-12-22-16-13-14-6-4-5-7-15(14)20(17(16)21)19-10-8-18-9-11-19/h4-7,13,18H,2-3,8-12H2,1H3. The molecule has 1 saturated heterocycles. The van der Waals surface area contributed by atoms with E-state index in [2.05, 4.69) is 17.2 Å². The summed E-state index contributed by atoms with van der Waals surface area (Å²) in [5, 5.41) is 6.46. The Morgan fingerprint density at radius 1 is 1.23 bits per heavy atom. The first kappa shape index (κ1) is 14.9. The van der Waals surface area contributed by atoms with Gasteiger partial charge in [-0.1, -0.05) is 31.5 Å². The minimum absolute atomic E-state index is 0.0586. The molecule has 118 valence electrons. The van der Waals surface area contributed by atoms with Crippen molar-refractivity contribution in [3.63, 3.8) is 0 Å². The van der Waals surface area contributed by atoms with Gasteiger partial charge in [0.15, 0.2) is 5.75 Å². The molecule has 0 saturated carbocycles. The molecule has 5 heteroatoms. The number of unbranched alkanes of at least 4 members (excludes halogenated alkanes) is 1. The van der Waals surface area contributed by atoms with Gasteiger partial charge in [0.05, 0.1) is 12.1 Å². The molecule has 1 aliphatic rings. The van der Waals surface area contributed by atoms with Crippen LogP contribution in [0.25, 0.3) is 10.9 Å². The van der Waals surface area contributed by atoms with E-state index in [1.807, 2.05) is 30.3 Å². The Kier molecular flexibility index (Phi) is 4.63. The second-order valence-corrected chi connectivity index (χ2v) is 5.59. The number of benzene rings is 1.